The van der Waals surface area contributed by atoms with E-state index in [0.717, 1.165) is 19.3 Å². The molecule has 0 spiro atoms. The number of fused-ring (bicyclic) bond motifs is 1. The van der Waals surface area contributed by atoms with Crippen molar-refractivity contribution in [3.63, 3.8) is 0 Å². The molecule has 102 valence electrons. The maximum absolute atomic E-state index is 13.2. The average molecular weight is 267 g/mol. The van der Waals surface area contributed by atoms with E-state index in [1.165, 1.54) is 6.07 Å². The Morgan fingerprint density at radius 2 is 2.21 bits per heavy atom. The van der Waals surface area contributed by atoms with Crippen LogP contribution in [0.15, 0.2) is 18.3 Å². The minimum Gasteiger partial charge on any atom is -0.399 e. The summed E-state index contributed by atoms with van der Waals surface area (Å²) in [4.78, 5) is 0. The van der Waals surface area contributed by atoms with Gasteiger partial charge >= 0.3 is 0 Å². The summed E-state index contributed by atoms with van der Waals surface area (Å²) in [7, 11) is 0. The number of rotatable bonds is 2. The molecule has 1 aliphatic heterocycles. The Bertz CT molecular complexity index is 591. The van der Waals surface area contributed by atoms with Crippen LogP contribution in [0.1, 0.15) is 37.5 Å². The van der Waals surface area contributed by atoms with Gasteiger partial charge < -0.3 is 10.5 Å². The van der Waals surface area contributed by atoms with Crippen molar-refractivity contribution in [1.29, 1.82) is 0 Å². The van der Waals surface area contributed by atoms with E-state index in [9.17, 15) is 8.78 Å². The van der Waals surface area contributed by atoms with Gasteiger partial charge in [-0.15, -0.1) is 0 Å². The van der Waals surface area contributed by atoms with E-state index in [2.05, 4.69) is 5.10 Å². The first-order chi connectivity index (χ1) is 9.16. The number of aromatic nitrogens is 2. The highest BCUT2D eigenvalue weighted by Gasteiger charge is 2.23. The Hall–Kier alpha value is -1.69. The van der Waals surface area contributed by atoms with Gasteiger partial charge in [0, 0.05) is 23.2 Å². The van der Waals surface area contributed by atoms with E-state index in [1.807, 2.05) is 0 Å². The molecule has 1 atom stereocenters. The molecule has 6 heteroatoms. The van der Waals surface area contributed by atoms with E-state index >= 15 is 0 Å². The molecular weight excluding hydrogens is 252 g/mol. The lowest BCUT2D eigenvalue weighted by Gasteiger charge is -2.24. The molecule has 19 heavy (non-hydrogen) atoms. The topological polar surface area (TPSA) is 53.1 Å². The van der Waals surface area contributed by atoms with Crippen molar-refractivity contribution in [2.75, 3.05) is 12.3 Å². The number of halogens is 2. The van der Waals surface area contributed by atoms with Crippen LogP contribution < -0.4 is 5.73 Å². The number of hydrogen-bond acceptors (Lipinski definition) is 3. The molecule has 2 N–H and O–H groups in total. The summed E-state index contributed by atoms with van der Waals surface area (Å²) in [6, 6.07) is 2.97. The molecule has 4 nitrogen and oxygen atoms in total. The van der Waals surface area contributed by atoms with Crippen LogP contribution in [-0.4, -0.2) is 16.4 Å². The van der Waals surface area contributed by atoms with Crippen LogP contribution in [0, 0.1) is 0 Å². The monoisotopic (exact) mass is 267 g/mol. The molecule has 3 rings (SSSR count). The van der Waals surface area contributed by atoms with Gasteiger partial charge in [0.2, 0.25) is 0 Å². The molecule has 2 heterocycles. The second-order valence-corrected chi connectivity index (χ2v) is 4.76. The number of nitrogen functional groups attached to an aromatic ring is 1. The van der Waals surface area contributed by atoms with E-state index in [1.54, 1.807) is 16.9 Å². The van der Waals surface area contributed by atoms with Gasteiger partial charge in [0.15, 0.2) is 6.23 Å². The van der Waals surface area contributed by atoms with Gasteiger partial charge in [-0.25, -0.2) is 13.5 Å². The summed E-state index contributed by atoms with van der Waals surface area (Å²) < 4.78 is 33.5. The molecule has 1 aromatic carbocycles. The number of hydrogen-bond donors (Lipinski definition) is 1. The minimum absolute atomic E-state index is 0.0818. The van der Waals surface area contributed by atoms with Gasteiger partial charge in [-0.2, -0.15) is 5.10 Å². The maximum atomic E-state index is 13.2. The Morgan fingerprint density at radius 3 is 2.89 bits per heavy atom. The third-order valence-corrected chi connectivity index (χ3v) is 3.41. The first kappa shape index (κ1) is 12.3. The molecule has 1 fully saturated rings. The Balaban J connectivity index is 2.14. The van der Waals surface area contributed by atoms with Crippen molar-refractivity contribution >= 4 is 16.6 Å². The van der Waals surface area contributed by atoms with Crippen LogP contribution in [0.3, 0.4) is 0 Å². The standard InChI is InChI=1S/C13H15F2N3O/c14-13(15)10-6-9(16)5-8-7-17-18(12(8)10)11-3-1-2-4-19-11/h5-7,11,13H,1-4,16H2. The lowest BCUT2D eigenvalue weighted by molar-refractivity contribution is -0.0369. The van der Waals surface area contributed by atoms with Crippen molar-refractivity contribution in [2.24, 2.45) is 0 Å². The molecule has 0 amide bonds. The van der Waals surface area contributed by atoms with Crippen LogP contribution in [-0.2, 0) is 4.74 Å². The lowest BCUT2D eigenvalue weighted by Crippen LogP contribution is -2.19. The predicted octanol–water partition coefficient (Wildman–Crippen LogP) is 3.26. The highest BCUT2D eigenvalue weighted by atomic mass is 19.3. The van der Waals surface area contributed by atoms with E-state index in [0.29, 0.717) is 23.2 Å². The van der Waals surface area contributed by atoms with Crippen LogP contribution in [0.2, 0.25) is 0 Å². The van der Waals surface area contributed by atoms with E-state index in [4.69, 9.17) is 10.5 Å². The normalized spacial score (nSPS) is 20.3. The second kappa shape index (κ2) is 4.77. The number of nitrogens with zero attached hydrogens (tertiary/aromatic N) is 2. The fourth-order valence-corrected chi connectivity index (χ4v) is 2.55. The SMILES string of the molecule is Nc1cc(C(F)F)c2c(cnn2C2CCCCO2)c1. The quantitative estimate of drug-likeness (QED) is 0.850. The van der Waals surface area contributed by atoms with Gasteiger partial charge in [0.05, 0.1) is 11.7 Å². The Labute approximate surface area is 109 Å². The molecule has 0 aliphatic carbocycles. The van der Waals surface area contributed by atoms with Crippen molar-refractivity contribution < 1.29 is 13.5 Å². The van der Waals surface area contributed by atoms with Gasteiger partial charge in [-0.05, 0) is 31.4 Å². The highest BCUT2D eigenvalue weighted by Crippen LogP contribution is 2.33. The largest absolute Gasteiger partial charge is 0.399 e. The summed E-state index contributed by atoms with van der Waals surface area (Å²) in [6.07, 6.45) is 1.55. The lowest BCUT2D eigenvalue weighted by atomic mass is 10.1. The first-order valence-corrected chi connectivity index (χ1v) is 6.33. The van der Waals surface area contributed by atoms with Crippen molar-refractivity contribution in [2.45, 2.75) is 31.9 Å². The molecular formula is C13H15F2N3O. The zero-order chi connectivity index (χ0) is 13.4. The Morgan fingerprint density at radius 1 is 1.37 bits per heavy atom. The summed E-state index contributed by atoms with van der Waals surface area (Å²) in [5.74, 6) is 0. The molecule has 0 bridgehead atoms. The molecule has 1 unspecified atom stereocenters. The van der Waals surface area contributed by atoms with Crippen LogP contribution >= 0.6 is 0 Å². The van der Waals surface area contributed by atoms with Gasteiger partial charge in [-0.3, -0.25) is 0 Å². The van der Waals surface area contributed by atoms with Gasteiger partial charge in [0.1, 0.15) is 0 Å². The molecule has 1 saturated heterocycles. The fourth-order valence-electron chi connectivity index (χ4n) is 2.55. The molecule has 1 aliphatic rings. The molecule has 0 saturated carbocycles. The smallest absolute Gasteiger partial charge is 0.266 e. The van der Waals surface area contributed by atoms with Crippen molar-refractivity contribution in [1.82, 2.24) is 9.78 Å². The predicted molar refractivity (Wildman–Crippen MR) is 67.9 cm³/mol. The number of benzene rings is 1. The zero-order valence-corrected chi connectivity index (χ0v) is 10.4. The highest BCUT2D eigenvalue weighted by molar-refractivity contribution is 5.85. The average Bonchev–Trinajstić information content (AvgIpc) is 2.82. The Kier molecular flexibility index (Phi) is 3.10. The number of nitrogens with two attached hydrogens (primary N) is 1. The summed E-state index contributed by atoms with van der Waals surface area (Å²) in [5.41, 5.74) is 6.32. The van der Waals surface area contributed by atoms with E-state index < -0.39 is 6.43 Å². The van der Waals surface area contributed by atoms with Crippen LogP contribution in [0.4, 0.5) is 14.5 Å². The third-order valence-electron chi connectivity index (χ3n) is 3.41. The third kappa shape index (κ3) is 2.16. The molecule has 0 radical (unpaired) electrons. The fraction of sp³-hybridized carbons (Fsp3) is 0.462. The van der Waals surface area contributed by atoms with Crippen LogP contribution in [0.5, 0.6) is 0 Å². The summed E-state index contributed by atoms with van der Waals surface area (Å²) in [6.45, 7) is 0.644. The molecule has 2 aromatic rings. The molecule has 1 aromatic heterocycles. The van der Waals surface area contributed by atoms with Crippen molar-refractivity contribution in [3.05, 3.63) is 23.9 Å². The number of anilines is 1. The minimum atomic E-state index is -2.58. The van der Waals surface area contributed by atoms with E-state index in [-0.39, 0.29) is 11.8 Å². The first-order valence-electron chi connectivity index (χ1n) is 6.33. The summed E-state index contributed by atoms with van der Waals surface area (Å²) in [5, 5.41) is 4.84. The second-order valence-electron chi connectivity index (χ2n) is 4.76. The number of ether oxygens (including phenoxy) is 1. The zero-order valence-electron chi connectivity index (χ0n) is 10.4. The van der Waals surface area contributed by atoms with Crippen molar-refractivity contribution in [3.8, 4) is 0 Å². The summed E-state index contributed by atoms with van der Waals surface area (Å²) >= 11 is 0. The van der Waals surface area contributed by atoms with Gasteiger partial charge in [-0.1, -0.05) is 0 Å². The maximum Gasteiger partial charge on any atom is 0.266 e. The van der Waals surface area contributed by atoms with Crippen LogP contribution in [0.25, 0.3) is 10.9 Å². The number of alkyl halides is 2. The van der Waals surface area contributed by atoms with Gasteiger partial charge in [0.25, 0.3) is 6.43 Å².